The maximum Gasteiger partial charge on any atom is 0.114 e. The van der Waals surface area contributed by atoms with E-state index in [9.17, 15) is 0 Å². The number of hydrogen-bond donors (Lipinski definition) is 1. The molecule has 3 nitrogen and oxygen atoms in total. The third-order valence-electron chi connectivity index (χ3n) is 18.7. The summed E-state index contributed by atoms with van der Waals surface area (Å²) in [6, 6.07) is 0.745. The Labute approximate surface area is 304 Å². The Morgan fingerprint density at radius 3 is 1.98 bits per heavy atom. The number of hydrogen-bond acceptors (Lipinski definition) is 3. The van der Waals surface area contributed by atoms with Crippen molar-refractivity contribution >= 4 is 0 Å². The van der Waals surface area contributed by atoms with Crippen LogP contribution in [0.25, 0.3) is 0 Å². The minimum Gasteiger partial charge on any atom is -0.359 e. The van der Waals surface area contributed by atoms with E-state index in [1.807, 2.05) is 0 Å². The van der Waals surface area contributed by atoms with E-state index in [4.69, 9.17) is 4.74 Å². The molecule has 5 aliphatic carbocycles. The van der Waals surface area contributed by atoms with Gasteiger partial charge in [-0.15, -0.1) is 0 Å². The van der Waals surface area contributed by atoms with Crippen LogP contribution >= 0.6 is 0 Å². The van der Waals surface area contributed by atoms with E-state index in [2.05, 4.69) is 65.6 Å². The van der Waals surface area contributed by atoms with Gasteiger partial charge in [0, 0.05) is 17.5 Å². The number of nitrogens with zero attached hydrogens (tertiary/aromatic N) is 1. The van der Waals surface area contributed by atoms with E-state index in [0.29, 0.717) is 23.8 Å². The molecule has 8 fully saturated rings. The summed E-state index contributed by atoms with van der Waals surface area (Å²) in [6.45, 7) is 21.9. The van der Waals surface area contributed by atoms with Crippen molar-refractivity contribution in [2.45, 2.75) is 188 Å². The highest BCUT2D eigenvalue weighted by molar-refractivity contribution is 5.23. The summed E-state index contributed by atoms with van der Waals surface area (Å²) in [5.74, 6) is 13.9. The van der Waals surface area contributed by atoms with Crippen molar-refractivity contribution in [1.82, 2.24) is 10.2 Å². The first-order valence-electron chi connectivity index (χ1n) is 22.9. The molecule has 3 heteroatoms. The largest absolute Gasteiger partial charge is 0.359 e. The van der Waals surface area contributed by atoms with Gasteiger partial charge in [0.15, 0.2) is 0 Å². The summed E-state index contributed by atoms with van der Waals surface area (Å²) in [4.78, 5) is 3.38. The highest BCUT2D eigenvalue weighted by atomic mass is 16.5. The molecule has 1 N–H and O–H groups in total. The molecule has 3 aliphatic heterocycles. The molecule has 8 aliphatic rings. The number of fused-ring (bicyclic) bond motifs is 12. The number of rotatable bonds is 8. The molecule has 8 rings (SSSR count). The molecule has 0 aromatic rings. The first-order chi connectivity index (χ1) is 23.8. The van der Waals surface area contributed by atoms with Crippen molar-refractivity contribution in [2.75, 3.05) is 6.67 Å². The molecular formula is C46H80N2O. The molecule has 0 bridgehead atoms. The lowest BCUT2D eigenvalue weighted by atomic mass is 9.46. The quantitative estimate of drug-likeness (QED) is 0.277. The Bertz CT molecular complexity index is 1110. The summed E-state index contributed by atoms with van der Waals surface area (Å²) in [6.07, 6.45) is 25.7. The molecule has 280 valence electrons. The molecule has 1 spiro atoms. The van der Waals surface area contributed by atoms with Crippen molar-refractivity contribution < 1.29 is 4.74 Å². The van der Waals surface area contributed by atoms with Crippen LogP contribution in [0.15, 0.2) is 0 Å². The average molecular weight is 677 g/mol. The van der Waals surface area contributed by atoms with Gasteiger partial charge in [-0.1, -0.05) is 120 Å². The molecule has 49 heavy (non-hydrogen) atoms. The minimum atomic E-state index is 0.308. The van der Waals surface area contributed by atoms with Gasteiger partial charge >= 0.3 is 0 Å². The van der Waals surface area contributed by atoms with Crippen molar-refractivity contribution in [2.24, 2.45) is 94.7 Å². The summed E-state index contributed by atoms with van der Waals surface area (Å²) < 4.78 is 7.30. The van der Waals surface area contributed by atoms with Crippen LogP contribution in [-0.4, -0.2) is 35.5 Å². The van der Waals surface area contributed by atoms with Gasteiger partial charge in [0.05, 0.1) is 12.8 Å². The van der Waals surface area contributed by atoms with Gasteiger partial charge in [-0.2, -0.15) is 0 Å². The lowest BCUT2D eigenvalue weighted by molar-refractivity contribution is -0.137. The molecule has 0 amide bonds. The highest BCUT2D eigenvalue weighted by Crippen LogP contribution is 2.70. The third kappa shape index (κ3) is 5.62. The zero-order chi connectivity index (χ0) is 34.2. The van der Waals surface area contributed by atoms with Crippen molar-refractivity contribution in [1.29, 1.82) is 0 Å². The monoisotopic (exact) mass is 677 g/mol. The minimum absolute atomic E-state index is 0.308. The fourth-order valence-electron chi connectivity index (χ4n) is 17.1. The predicted octanol–water partition coefficient (Wildman–Crippen LogP) is 11.4. The van der Waals surface area contributed by atoms with Crippen LogP contribution in [0.5, 0.6) is 0 Å². The second-order valence-electron chi connectivity index (χ2n) is 20.7. The molecule has 0 aromatic carbocycles. The fourth-order valence-corrected chi connectivity index (χ4v) is 17.1. The Hall–Kier alpha value is -0.120. The van der Waals surface area contributed by atoms with Crippen LogP contribution in [0.1, 0.15) is 165 Å². The third-order valence-corrected chi connectivity index (χ3v) is 18.7. The summed E-state index contributed by atoms with van der Waals surface area (Å²) in [5.41, 5.74) is 0.343. The Balaban J connectivity index is 1.29. The van der Waals surface area contributed by atoms with E-state index in [0.717, 1.165) is 101 Å². The Kier molecular flexibility index (Phi) is 10.4. The van der Waals surface area contributed by atoms with Gasteiger partial charge in [-0.25, -0.2) is 0 Å². The summed E-state index contributed by atoms with van der Waals surface area (Å²) in [5, 5.41) is 4.28. The smallest absolute Gasteiger partial charge is 0.114 e. The highest BCUT2D eigenvalue weighted by Gasteiger charge is 2.73. The lowest BCUT2D eigenvalue weighted by Gasteiger charge is -2.62. The second kappa shape index (κ2) is 14.3. The van der Waals surface area contributed by atoms with E-state index < -0.39 is 0 Å². The molecule has 0 aromatic heterocycles. The molecule has 0 radical (unpaired) electrons. The molecular weight excluding hydrogens is 597 g/mol. The number of ether oxygens (including phenoxy) is 1. The van der Waals surface area contributed by atoms with Crippen LogP contribution in [0, 0.1) is 94.7 Å². The predicted molar refractivity (Wildman–Crippen MR) is 205 cm³/mol. The van der Waals surface area contributed by atoms with Crippen LogP contribution < -0.4 is 5.32 Å². The van der Waals surface area contributed by atoms with Gasteiger partial charge < -0.3 is 4.74 Å². The zero-order valence-corrected chi connectivity index (χ0v) is 33.6. The average Bonchev–Trinajstić information content (AvgIpc) is 3.60. The zero-order valence-electron chi connectivity index (χ0n) is 33.6. The van der Waals surface area contributed by atoms with E-state index in [1.54, 1.807) is 0 Å². The van der Waals surface area contributed by atoms with Gasteiger partial charge in [-0.3, -0.25) is 10.2 Å². The second-order valence-corrected chi connectivity index (χ2v) is 20.7. The standard InChI is InChI=1S/C46H80N2O/c1-9-29(10-2)33-22-37(30(11-3)12-4)43(28(7)8)46(25-33)39-24-36(27(5)6)34-19-15-16-20-35(34)41(39)44-42-38-21-31-17-13-14-18-32(31)23-40(38)49-45(42)47-26-48(44)46/h27-45,47H,9-26H2,1-8H3. The van der Waals surface area contributed by atoms with Crippen molar-refractivity contribution in [3.8, 4) is 0 Å². The maximum absolute atomic E-state index is 7.30. The van der Waals surface area contributed by atoms with E-state index >= 15 is 0 Å². The van der Waals surface area contributed by atoms with Crippen molar-refractivity contribution in [3.63, 3.8) is 0 Å². The maximum atomic E-state index is 7.30. The first kappa shape index (κ1) is 35.9. The molecule has 16 unspecified atom stereocenters. The van der Waals surface area contributed by atoms with Gasteiger partial charge in [0.2, 0.25) is 0 Å². The summed E-state index contributed by atoms with van der Waals surface area (Å²) >= 11 is 0. The molecule has 16 atom stereocenters. The van der Waals surface area contributed by atoms with Crippen LogP contribution in [0.3, 0.4) is 0 Å². The lowest BCUT2D eigenvalue weighted by Crippen LogP contribution is -2.68. The van der Waals surface area contributed by atoms with Crippen LogP contribution in [-0.2, 0) is 4.74 Å². The topological polar surface area (TPSA) is 24.5 Å². The Morgan fingerprint density at radius 1 is 0.673 bits per heavy atom. The normalized spacial score (nSPS) is 49.6. The molecule has 3 saturated heterocycles. The van der Waals surface area contributed by atoms with Crippen LogP contribution in [0.2, 0.25) is 0 Å². The van der Waals surface area contributed by atoms with Crippen LogP contribution in [0.4, 0.5) is 0 Å². The van der Waals surface area contributed by atoms with E-state index in [-0.39, 0.29) is 0 Å². The van der Waals surface area contributed by atoms with Crippen molar-refractivity contribution in [3.05, 3.63) is 0 Å². The fraction of sp³-hybridized carbons (Fsp3) is 1.00. The number of nitrogens with one attached hydrogen (secondary N) is 1. The van der Waals surface area contributed by atoms with E-state index in [1.165, 1.54) is 109 Å². The van der Waals surface area contributed by atoms with Gasteiger partial charge in [-0.05, 0) is 134 Å². The summed E-state index contributed by atoms with van der Waals surface area (Å²) in [7, 11) is 0. The first-order valence-corrected chi connectivity index (χ1v) is 22.9. The molecule has 3 heterocycles. The SMILES string of the molecule is CCC(CC)C1CC(C(CC)CC)C(C(C)C)C2(C1)C1CC(C(C)C)C3CCCCC3C1C1C3C(NCN12)OC1CC2CCCCC2CC13. The van der Waals surface area contributed by atoms with Gasteiger partial charge in [0.1, 0.15) is 6.23 Å². The van der Waals surface area contributed by atoms with Gasteiger partial charge in [0.25, 0.3) is 0 Å². The Morgan fingerprint density at radius 2 is 1.33 bits per heavy atom. The molecule has 5 saturated carbocycles.